The van der Waals surface area contributed by atoms with Crippen molar-refractivity contribution < 1.29 is 9.84 Å². The van der Waals surface area contributed by atoms with E-state index in [1.165, 1.54) is 0 Å². The van der Waals surface area contributed by atoms with Gasteiger partial charge in [0.1, 0.15) is 5.75 Å². The van der Waals surface area contributed by atoms with Crippen molar-refractivity contribution >= 4 is 15.9 Å². The van der Waals surface area contributed by atoms with E-state index in [0.29, 0.717) is 12.4 Å². The zero-order chi connectivity index (χ0) is 13.8. The van der Waals surface area contributed by atoms with Gasteiger partial charge >= 0.3 is 0 Å². The maximum atomic E-state index is 9.71. The lowest BCUT2D eigenvalue weighted by Gasteiger charge is -2.13. The standard InChI is InChI=1S/C14H17BrN2O2/c1-10(18)13-4-3-12(15)7-14(13)19-6-5-11-8-16-17(2)9-11/h3-4,7-10,18H,5-6H2,1-2H3/t10-/m0/s1. The fourth-order valence-electron chi connectivity index (χ4n) is 1.86. The van der Waals surface area contributed by atoms with E-state index in [4.69, 9.17) is 4.74 Å². The molecule has 0 fully saturated rings. The Morgan fingerprint density at radius 1 is 1.47 bits per heavy atom. The molecule has 1 aromatic heterocycles. The normalized spacial score (nSPS) is 12.4. The minimum atomic E-state index is -0.540. The predicted molar refractivity (Wildman–Crippen MR) is 77.2 cm³/mol. The third kappa shape index (κ3) is 3.81. The van der Waals surface area contributed by atoms with Crippen LogP contribution in [0.2, 0.25) is 0 Å². The van der Waals surface area contributed by atoms with Gasteiger partial charge in [-0.1, -0.05) is 22.0 Å². The zero-order valence-corrected chi connectivity index (χ0v) is 12.6. The second-order valence-corrected chi connectivity index (χ2v) is 5.39. The summed E-state index contributed by atoms with van der Waals surface area (Å²) >= 11 is 3.41. The number of rotatable bonds is 5. The topological polar surface area (TPSA) is 47.3 Å². The Morgan fingerprint density at radius 2 is 2.26 bits per heavy atom. The van der Waals surface area contributed by atoms with Crippen LogP contribution in [-0.2, 0) is 13.5 Å². The van der Waals surface area contributed by atoms with E-state index in [1.807, 2.05) is 37.6 Å². The van der Waals surface area contributed by atoms with E-state index in [0.717, 1.165) is 22.0 Å². The summed E-state index contributed by atoms with van der Waals surface area (Å²) in [5.41, 5.74) is 1.94. The zero-order valence-electron chi connectivity index (χ0n) is 11.0. The highest BCUT2D eigenvalue weighted by Crippen LogP contribution is 2.28. The number of aliphatic hydroxyl groups is 1. The van der Waals surface area contributed by atoms with Crippen molar-refractivity contribution in [1.82, 2.24) is 9.78 Å². The molecule has 0 saturated carbocycles. The maximum absolute atomic E-state index is 9.71. The van der Waals surface area contributed by atoms with E-state index in [1.54, 1.807) is 11.6 Å². The molecule has 0 saturated heterocycles. The molecule has 4 nitrogen and oxygen atoms in total. The van der Waals surface area contributed by atoms with Crippen LogP contribution < -0.4 is 4.74 Å². The van der Waals surface area contributed by atoms with Gasteiger partial charge in [0, 0.05) is 29.7 Å². The average molecular weight is 325 g/mol. The first-order valence-electron chi connectivity index (χ1n) is 6.14. The van der Waals surface area contributed by atoms with Gasteiger partial charge in [0.25, 0.3) is 0 Å². The molecule has 2 aromatic rings. The van der Waals surface area contributed by atoms with Crippen LogP contribution in [0.15, 0.2) is 35.1 Å². The Bertz CT molecular complexity index is 552. The van der Waals surface area contributed by atoms with Crippen LogP contribution in [-0.4, -0.2) is 21.5 Å². The molecule has 0 radical (unpaired) electrons. The Kier molecular flexibility index (Phi) is 4.61. The van der Waals surface area contributed by atoms with Crippen LogP contribution in [0.5, 0.6) is 5.75 Å². The minimum absolute atomic E-state index is 0.540. The molecule has 2 rings (SSSR count). The third-order valence-corrected chi connectivity index (χ3v) is 3.33. The van der Waals surface area contributed by atoms with Gasteiger partial charge < -0.3 is 9.84 Å². The van der Waals surface area contributed by atoms with Gasteiger partial charge in [-0.15, -0.1) is 0 Å². The molecule has 1 heterocycles. The summed E-state index contributed by atoms with van der Waals surface area (Å²) in [6, 6.07) is 5.65. The van der Waals surface area contributed by atoms with E-state index in [-0.39, 0.29) is 0 Å². The van der Waals surface area contributed by atoms with Gasteiger partial charge in [0.2, 0.25) is 0 Å². The molecule has 0 aliphatic carbocycles. The van der Waals surface area contributed by atoms with Gasteiger partial charge in [-0.05, 0) is 24.6 Å². The largest absolute Gasteiger partial charge is 0.493 e. The summed E-state index contributed by atoms with van der Waals surface area (Å²) in [6.45, 7) is 2.29. The van der Waals surface area contributed by atoms with E-state index < -0.39 is 6.10 Å². The number of hydrogen-bond acceptors (Lipinski definition) is 3. The fourth-order valence-corrected chi connectivity index (χ4v) is 2.20. The summed E-state index contributed by atoms with van der Waals surface area (Å²) in [4.78, 5) is 0. The molecule has 1 atom stereocenters. The Balaban J connectivity index is 2.00. The lowest BCUT2D eigenvalue weighted by Crippen LogP contribution is -2.04. The van der Waals surface area contributed by atoms with E-state index in [2.05, 4.69) is 21.0 Å². The first-order chi connectivity index (χ1) is 9.06. The average Bonchev–Trinajstić information content (AvgIpc) is 2.75. The summed E-state index contributed by atoms with van der Waals surface area (Å²) in [7, 11) is 1.89. The summed E-state index contributed by atoms with van der Waals surface area (Å²) in [5, 5.41) is 13.8. The van der Waals surface area contributed by atoms with E-state index in [9.17, 15) is 5.11 Å². The highest BCUT2D eigenvalue weighted by molar-refractivity contribution is 9.10. The smallest absolute Gasteiger partial charge is 0.126 e. The molecule has 0 aliphatic heterocycles. The highest BCUT2D eigenvalue weighted by Gasteiger charge is 2.09. The van der Waals surface area contributed by atoms with E-state index >= 15 is 0 Å². The van der Waals surface area contributed by atoms with Gasteiger partial charge in [0.15, 0.2) is 0 Å². The molecule has 0 unspecified atom stereocenters. The minimum Gasteiger partial charge on any atom is -0.493 e. The molecule has 1 aromatic carbocycles. The molecule has 19 heavy (non-hydrogen) atoms. The Labute approximate surface area is 121 Å². The van der Waals surface area contributed by atoms with Crippen LogP contribution in [0.4, 0.5) is 0 Å². The Morgan fingerprint density at radius 3 is 2.89 bits per heavy atom. The predicted octanol–water partition coefficient (Wildman–Crippen LogP) is 2.86. The number of aryl methyl sites for hydroxylation is 1. The van der Waals surface area contributed by atoms with Crippen LogP contribution in [0.25, 0.3) is 0 Å². The molecule has 0 spiro atoms. The van der Waals surface area contributed by atoms with Crippen LogP contribution in [0, 0.1) is 0 Å². The molecule has 1 N–H and O–H groups in total. The van der Waals surface area contributed by atoms with Crippen molar-refractivity contribution in [3.05, 3.63) is 46.2 Å². The summed E-state index contributed by atoms with van der Waals surface area (Å²) < 4.78 is 8.48. The van der Waals surface area contributed by atoms with Crippen molar-refractivity contribution in [2.75, 3.05) is 6.61 Å². The second kappa shape index (κ2) is 6.21. The molecular formula is C14H17BrN2O2. The van der Waals surface area contributed by atoms with Crippen molar-refractivity contribution in [2.45, 2.75) is 19.4 Å². The molecule has 0 bridgehead atoms. The Hall–Kier alpha value is -1.33. The number of halogens is 1. The number of aromatic nitrogens is 2. The SMILES string of the molecule is C[C@H](O)c1ccc(Br)cc1OCCc1cnn(C)c1. The molecule has 102 valence electrons. The summed E-state index contributed by atoms with van der Waals surface area (Å²) in [6.07, 6.45) is 4.06. The van der Waals surface area contributed by atoms with Crippen molar-refractivity contribution in [1.29, 1.82) is 0 Å². The van der Waals surface area contributed by atoms with Gasteiger partial charge in [-0.3, -0.25) is 4.68 Å². The second-order valence-electron chi connectivity index (χ2n) is 4.48. The highest BCUT2D eigenvalue weighted by atomic mass is 79.9. The number of aliphatic hydroxyl groups excluding tert-OH is 1. The van der Waals surface area contributed by atoms with Gasteiger partial charge in [0.05, 0.1) is 18.9 Å². The van der Waals surface area contributed by atoms with Crippen molar-refractivity contribution in [2.24, 2.45) is 7.05 Å². The van der Waals surface area contributed by atoms with Crippen LogP contribution in [0.3, 0.4) is 0 Å². The monoisotopic (exact) mass is 324 g/mol. The lowest BCUT2D eigenvalue weighted by atomic mass is 10.1. The number of benzene rings is 1. The van der Waals surface area contributed by atoms with Crippen LogP contribution in [0.1, 0.15) is 24.2 Å². The third-order valence-electron chi connectivity index (χ3n) is 2.83. The number of ether oxygens (including phenoxy) is 1. The molecule has 5 heteroatoms. The number of nitrogens with zero attached hydrogens (tertiary/aromatic N) is 2. The van der Waals surface area contributed by atoms with Crippen LogP contribution >= 0.6 is 15.9 Å². The first kappa shape index (κ1) is 14.1. The first-order valence-corrected chi connectivity index (χ1v) is 6.93. The number of hydrogen-bond donors (Lipinski definition) is 1. The quantitative estimate of drug-likeness (QED) is 0.919. The molecule has 0 aliphatic rings. The van der Waals surface area contributed by atoms with Gasteiger partial charge in [-0.25, -0.2) is 0 Å². The van der Waals surface area contributed by atoms with Gasteiger partial charge in [-0.2, -0.15) is 5.10 Å². The fraction of sp³-hybridized carbons (Fsp3) is 0.357. The molecular weight excluding hydrogens is 308 g/mol. The molecule has 0 amide bonds. The lowest BCUT2D eigenvalue weighted by molar-refractivity contribution is 0.191. The van der Waals surface area contributed by atoms with Crippen molar-refractivity contribution in [3.63, 3.8) is 0 Å². The summed E-state index contributed by atoms with van der Waals surface area (Å²) in [5.74, 6) is 0.716. The van der Waals surface area contributed by atoms with Crippen molar-refractivity contribution in [3.8, 4) is 5.75 Å². The maximum Gasteiger partial charge on any atom is 0.126 e.